The third-order valence-electron chi connectivity index (χ3n) is 4.19. The van der Waals surface area contributed by atoms with Gasteiger partial charge in [-0.1, -0.05) is 23.4 Å². The van der Waals surface area contributed by atoms with E-state index < -0.39 is 0 Å². The van der Waals surface area contributed by atoms with Crippen molar-refractivity contribution in [2.75, 3.05) is 11.9 Å². The van der Waals surface area contributed by atoms with E-state index in [0.29, 0.717) is 35.3 Å². The van der Waals surface area contributed by atoms with Crippen LogP contribution >= 0.6 is 0 Å². The number of carbonyl (C=O) groups excluding carboxylic acids is 1. The summed E-state index contributed by atoms with van der Waals surface area (Å²) in [5.41, 5.74) is 3.08. The lowest BCUT2D eigenvalue weighted by Crippen LogP contribution is -2.25. The molecule has 0 aliphatic carbocycles. The highest BCUT2D eigenvalue weighted by Crippen LogP contribution is 2.36. The van der Waals surface area contributed by atoms with Gasteiger partial charge in [-0.15, -0.1) is 0 Å². The van der Waals surface area contributed by atoms with Crippen LogP contribution in [0.15, 0.2) is 53.3 Å². The quantitative estimate of drug-likeness (QED) is 0.612. The van der Waals surface area contributed by atoms with Crippen molar-refractivity contribution in [2.45, 2.75) is 6.54 Å². The number of hydrogen-bond donors (Lipinski definition) is 1. The van der Waals surface area contributed by atoms with Crippen molar-refractivity contribution in [3.05, 3.63) is 54.6 Å². The number of carbonyl (C=O) groups is 1. The molecule has 0 saturated carbocycles. The van der Waals surface area contributed by atoms with Gasteiger partial charge in [0.15, 0.2) is 12.4 Å². The third-order valence-corrected chi connectivity index (χ3v) is 4.19. The van der Waals surface area contributed by atoms with Gasteiger partial charge in [0.25, 0.3) is 11.8 Å². The first-order valence-corrected chi connectivity index (χ1v) is 8.06. The highest BCUT2D eigenvalue weighted by Gasteiger charge is 2.22. The summed E-state index contributed by atoms with van der Waals surface area (Å²) in [7, 11) is 0. The highest BCUT2D eigenvalue weighted by molar-refractivity contribution is 5.99. The van der Waals surface area contributed by atoms with E-state index in [9.17, 15) is 4.79 Å². The predicted octanol–water partition coefficient (Wildman–Crippen LogP) is 2.47. The normalized spacial score (nSPS) is 13.3. The van der Waals surface area contributed by atoms with E-state index >= 15 is 0 Å². The molecule has 0 saturated heterocycles. The minimum Gasteiger partial charge on any atom is -0.482 e. The van der Waals surface area contributed by atoms with Crippen molar-refractivity contribution < 1.29 is 14.1 Å². The van der Waals surface area contributed by atoms with Crippen molar-refractivity contribution >= 4 is 22.6 Å². The minimum absolute atomic E-state index is 0.000754. The van der Waals surface area contributed by atoms with Crippen LogP contribution in [0.25, 0.3) is 22.5 Å². The molecule has 1 amide bonds. The summed E-state index contributed by atoms with van der Waals surface area (Å²) >= 11 is 0. The molecule has 1 aliphatic heterocycles. The molecule has 2 aromatic carbocycles. The number of aromatic nitrogens is 4. The number of amides is 1. The topological polar surface area (TPSA) is 95.1 Å². The van der Waals surface area contributed by atoms with Crippen LogP contribution in [0.2, 0.25) is 0 Å². The Hall–Kier alpha value is -3.68. The van der Waals surface area contributed by atoms with Gasteiger partial charge in [-0.3, -0.25) is 4.79 Å². The van der Waals surface area contributed by atoms with Gasteiger partial charge in [-0.25, -0.2) is 4.98 Å². The number of benzene rings is 2. The molecule has 8 nitrogen and oxygen atoms in total. The van der Waals surface area contributed by atoms with E-state index in [1.807, 2.05) is 34.9 Å². The summed E-state index contributed by atoms with van der Waals surface area (Å²) < 4.78 is 12.8. The summed E-state index contributed by atoms with van der Waals surface area (Å²) in [5.74, 6) is 1.22. The van der Waals surface area contributed by atoms with Gasteiger partial charge in [0, 0.05) is 0 Å². The Labute approximate surface area is 147 Å². The van der Waals surface area contributed by atoms with Crippen LogP contribution < -0.4 is 10.1 Å². The molecule has 5 rings (SSSR count). The Kier molecular flexibility index (Phi) is 3.21. The Morgan fingerprint density at radius 1 is 1.15 bits per heavy atom. The standard InChI is InChI=1S/C18H13N5O3/c24-16-9-25-14-7-3-4-11(17(14)21-16)18-20-15(22-26-18)8-23-10-19-12-5-1-2-6-13(12)23/h1-7,10H,8-9H2,(H,21,24). The molecular weight excluding hydrogens is 334 g/mol. The molecule has 1 N–H and O–H groups in total. The van der Waals surface area contributed by atoms with Gasteiger partial charge in [-0.05, 0) is 24.3 Å². The van der Waals surface area contributed by atoms with Gasteiger partial charge in [0.1, 0.15) is 5.75 Å². The summed E-state index contributed by atoms with van der Waals surface area (Å²) in [4.78, 5) is 20.5. The fourth-order valence-electron chi connectivity index (χ4n) is 2.99. The smallest absolute Gasteiger partial charge is 0.262 e. The molecule has 0 radical (unpaired) electrons. The maximum Gasteiger partial charge on any atom is 0.262 e. The highest BCUT2D eigenvalue weighted by atomic mass is 16.5. The largest absolute Gasteiger partial charge is 0.482 e. The number of fused-ring (bicyclic) bond motifs is 2. The average molecular weight is 347 g/mol. The Morgan fingerprint density at radius 2 is 2.08 bits per heavy atom. The summed E-state index contributed by atoms with van der Waals surface area (Å²) in [5, 5.41) is 6.85. The van der Waals surface area contributed by atoms with Crippen LogP contribution in [-0.4, -0.2) is 32.2 Å². The molecule has 26 heavy (non-hydrogen) atoms. The van der Waals surface area contributed by atoms with Gasteiger partial charge in [0.2, 0.25) is 0 Å². The van der Waals surface area contributed by atoms with Crippen molar-refractivity contribution in [3.8, 4) is 17.2 Å². The van der Waals surface area contributed by atoms with Crippen LogP contribution in [0.4, 0.5) is 5.69 Å². The number of anilines is 1. The maximum atomic E-state index is 11.6. The van der Waals surface area contributed by atoms with Crippen LogP contribution in [0.5, 0.6) is 5.75 Å². The molecule has 8 heteroatoms. The van der Waals surface area contributed by atoms with E-state index in [-0.39, 0.29) is 12.5 Å². The van der Waals surface area contributed by atoms with E-state index in [2.05, 4.69) is 20.4 Å². The SMILES string of the molecule is O=C1COc2cccc(-c3nc(Cn4cnc5ccccc54)no3)c2N1. The summed E-state index contributed by atoms with van der Waals surface area (Å²) in [6.45, 7) is 0.432. The second-order valence-electron chi connectivity index (χ2n) is 5.89. The van der Waals surface area contributed by atoms with Crippen LogP contribution in [0, 0.1) is 0 Å². The number of nitrogens with one attached hydrogen (secondary N) is 1. The molecule has 4 aromatic rings. The fourth-order valence-corrected chi connectivity index (χ4v) is 2.99. The Balaban J connectivity index is 1.49. The fraction of sp³-hybridized carbons (Fsp3) is 0.111. The minimum atomic E-state index is -0.213. The van der Waals surface area contributed by atoms with Gasteiger partial charge < -0.3 is 19.1 Å². The monoisotopic (exact) mass is 347 g/mol. The lowest BCUT2D eigenvalue weighted by molar-refractivity contribution is -0.118. The number of rotatable bonds is 3. The van der Waals surface area contributed by atoms with E-state index in [1.165, 1.54) is 0 Å². The van der Waals surface area contributed by atoms with Crippen molar-refractivity contribution in [1.82, 2.24) is 19.7 Å². The number of hydrogen-bond acceptors (Lipinski definition) is 6. The van der Waals surface area contributed by atoms with Crippen LogP contribution in [0.1, 0.15) is 5.82 Å². The zero-order valence-corrected chi connectivity index (χ0v) is 13.5. The van der Waals surface area contributed by atoms with E-state index in [4.69, 9.17) is 9.26 Å². The molecule has 3 heterocycles. The molecule has 2 aromatic heterocycles. The maximum absolute atomic E-state index is 11.6. The average Bonchev–Trinajstić information content (AvgIpc) is 3.29. The molecule has 128 valence electrons. The molecular formula is C18H13N5O3. The molecule has 0 fully saturated rings. The number of nitrogens with zero attached hydrogens (tertiary/aromatic N) is 4. The summed E-state index contributed by atoms with van der Waals surface area (Å²) in [6.07, 6.45) is 1.75. The zero-order chi connectivity index (χ0) is 17.5. The molecule has 0 spiro atoms. The number of para-hydroxylation sites is 3. The first-order valence-electron chi connectivity index (χ1n) is 8.06. The lowest BCUT2D eigenvalue weighted by atomic mass is 10.1. The molecule has 0 unspecified atom stereocenters. The predicted molar refractivity (Wildman–Crippen MR) is 92.7 cm³/mol. The van der Waals surface area contributed by atoms with Crippen molar-refractivity contribution in [2.24, 2.45) is 0 Å². The molecule has 1 aliphatic rings. The van der Waals surface area contributed by atoms with E-state index in [1.54, 1.807) is 18.5 Å². The zero-order valence-electron chi connectivity index (χ0n) is 13.5. The first kappa shape index (κ1) is 14.6. The van der Waals surface area contributed by atoms with E-state index in [0.717, 1.165) is 11.0 Å². The lowest BCUT2D eigenvalue weighted by Gasteiger charge is -2.19. The summed E-state index contributed by atoms with van der Waals surface area (Å²) in [6, 6.07) is 13.3. The Morgan fingerprint density at radius 3 is 3.04 bits per heavy atom. The van der Waals surface area contributed by atoms with Gasteiger partial charge in [0.05, 0.1) is 35.2 Å². The van der Waals surface area contributed by atoms with Crippen LogP contribution in [0.3, 0.4) is 0 Å². The van der Waals surface area contributed by atoms with Crippen molar-refractivity contribution in [3.63, 3.8) is 0 Å². The first-order chi connectivity index (χ1) is 12.8. The number of ether oxygens (including phenoxy) is 1. The second kappa shape index (κ2) is 5.69. The molecule has 0 bridgehead atoms. The van der Waals surface area contributed by atoms with Crippen LogP contribution in [-0.2, 0) is 11.3 Å². The third kappa shape index (κ3) is 2.39. The van der Waals surface area contributed by atoms with Gasteiger partial charge >= 0.3 is 0 Å². The second-order valence-corrected chi connectivity index (χ2v) is 5.89. The van der Waals surface area contributed by atoms with Crippen molar-refractivity contribution in [1.29, 1.82) is 0 Å². The van der Waals surface area contributed by atoms with Gasteiger partial charge in [-0.2, -0.15) is 4.98 Å². The number of imidazole rings is 1. The Bertz CT molecular complexity index is 1130. The molecule has 0 atom stereocenters.